The highest BCUT2D eigenvalue weighted by atomic mass is 19.1. The third-order valence-corrected chi connectivity index (χ3v) is 2.53. The number of ether oxygens (including phenoxy) is 1. The molecule has 1 N–H and O–H groups in total. The highest BCUT2D eigenvalue weighted by Crippen LogP contribution is 2.14. The maximum absolute atomic E-state index is 12.7. The molecule has 0 fully saturated rings. The van der Waals surface area contributed by atoms with E-state index in [2.05, 4.69) is 5.10 Å². The first-order valence-electron chi connectivity index (χ1n) is 5.80. The van der Waals surface area contributed by atoms with Crippen LogP contribution in [0.5, 0.6) is 5.75 Å². The molecule has 0 bridgehead atoms. The van der Waals surface area contributed by atoms with Crippen LogP contribution in [0.1, 0.15) is 27.9 Å². The van der Waals surface area contributed by atoms with Gasteiger partial charge in [0.1, 0.15) is 17.3 Å². The summed E-state index contributed by atoms with van der Waals surface area (Å²) in [5, 5.41) is 12.6. The Hall–Kier alpha value is -2.70. The lowest BCUT2D eigenvalue weighted by Gasteiger charge is -2.05. The molecule has 0 spiro atoms. The molecule has 104 valence electrons. The Bertz CT molecular complexity index is 649. The Morgan fingerprint density at radius 3 is 2.55 bits per heavy atom. The number of aromatic nitrogens is 2. The fourth-order valence-electron chi connectivity index (χ4n) is 1.59. The van der Waals surface area contributed by atoms with Crippen molar-refractivity contribution in [2.45, 2.75) is 13.5 Å². The second kappa shape index (κ2) is 5.52. The van der Waals surface area contributed by atoms with E-state index in [1.807, 2.05) is 0 Å². The number of nitrogens with zero attached hydrogens (tertiary/aromatic N) is 2. The SMILES string of the molecule is CCn1nc(C(=O)O)cc1C(=O)Oc1ccc(F)cc1. The van der Waals surface area contributed by atoms with Crippen molar-refractivity contribution in [3.63, 3.8) is 0 Å². The van der Waals surface area contributed by atoms with Crippen molar-refractivity contribution in [3.05, 3.63) is 47.5 Å². The number of aryl methyl sites for hydroxylation is 1. The molecule has 1 aromatic carbocycles. The van der Waals surface area contributed by atoms with Gasteiger partial charge in [-0.2, -0.15) is 5.10 Å². The number of aromatic carboxylic acids is 1. The third-order valence-electron chi connectivity index (χ3n) is 2.53. The van der Waals surface area contributed by atoms with Crippen LogP contribution in [0.4, 0.5) is 4.39 Å². The van der Waals surface area contributed by atoms with Gasteiger partial charge < -0.3 is 9.84 Å². The van der Waals surface area contributed by atoms with Gasteiger partial charge in [0.05, 0.1) is 0 Å². The summed E-state index contributed by atoms with van der Waals surface area (Å²) in [6.07, 6.45) is 0. The molecule has 1 heterocycles. The van der Waals surface area contributed by atoms with Crippen molar-refractivity contribution in [1.82, 2.24) is 9.78 Å². The van der Waals surface area contributed by atoms with E-state index in [0.717, 1.165) is 18.2 Å². The normalized spacial score (nSPS) is 10.3. The lowest BCUT2D eigenvalue weighted by Crippen LogP contribution is -2.15. The molecule has 7 heteroatoms. The molecule has 2 rings (SSSR count). The zero-order valence-electron chi connectivity index (χ0n) is 10.5. The van der Waals surface area contributed by atoms with Crippen molar-refractivity contribution < 1.29 is 23.8 Å². The Morgan fingerprint density at radius 2 is 2.00 bits per heavy atom. The van der Waals surface area contributed by atoms with Crippen LogP contribution in [0.2, 0.25) is 0 Å². The number of carboxylic acids is 1. The van der Waals surface area contributed by atoms with Gasteiger partial charge in [0, 0.05) is 12.6 Å². The Morgan fingerprint density at radius 1 is 1.35 bits per heavy atom. The smallest absolute Gasteiger partial charge is 0.362 e. The lowest BCUT2D eigenvalue weighted by molar-refractivity contribution is 0.0687. The van der Waals surface area contributed by atoms with Crippen molar-refractivity contribution in [2.75, 3.05) is 0 Å². The first kappa shape index (κ1) is 13.7. The summed E-state index contributed by atoms with van der Waals surface area (Å²) >= 11 is 0. The number of hydrogen-bond acceptors (Lipinski definition) is 4. The van der Waals surface area contributed by atoms with E-state index in [4.69, 9.17) is 9.84 Å². The average Bonchev–Trinajstić information content (AvgIpc) is 2.86. The summed E-state index contributed by atoms with van der Waals surface area (Å²) in [7, 11) is 0. The number of esters is 1. The fourth-order valence-corrected chi connectivity index (χ4v) is 1.59. The summed E-state index contributed by atoms with van der Waals surface area (Å²) < 4.78 is 19.0. The van der Waals surface area contributed by atoms with Crippen LogP contribution in [-0.2, 0) is 6.54 Å². The first-order chi connectivity index (χ1) is 9.51. The van der Waals surface area contributed by atoms with Crippen LogP contribution in [0.25, 0.3) is 0 Å². The number of halogens is 1. The summed E-state index contributed by atoms with van der Waals surface area (Å²) in [6.45, 7) is 2.04. The maximum Gasteiger partial charge on any atom is 0.362 e. The van der Waals surface area contributed by atoms with Gasteiger partial charge in [-0.1, -0.05) is 0 Å². The minimum atomic E-state index is -1.23. The Balaban J connectivity index is 2.24. The van der Waals surface area contributed by atoms with Crippen molar-refractivity contribution in [3.8, 4) is 5.75 Å². The molecule has 0 amide bonds. The molecule has 20 heavy (non-hydrogen) atoms. The molecule has 0 aliphatic rings. The van der Waals surface area contributed by atoms with E-state index in [1.165, 1.54) is 16.8 Å². The largest absolute Gasteiger partial charge is 0.476 e. The predicted octanol–water partition coefficient (Wildman–Crippen LogP) is 1.96. The quantitative estimate of drug-likeness (QED) is 0.683. The standard InChI is InChI=1S/C13H11FN2O4/c1-2-16-11(7-10(15-16)12(17)18)13(19)20-9-5-3-8(14)4-6-9/h3-7H,2H2,1H3,(H,17,18). The molecule has 6 nitrogen and oxygen atoms in total. The second-order valence-corrected chi connectivity index (χ2v) is 3.88. The van der Waals surface area contributed by atoms with Crippen LogP contribution in [0, 0.1) is 5.82 Å². The Kier molecular flexibility index (Phi) is 3.79. The molecule has 0 aliphatic heterocycles. The third kappa shape index (κ3) is 2.82. The van der Waals surface area contributed by atoms with Gasteiger partial charge in [-0.05, 0) is 31.2 Å². The Labute approximate surface area is 113 Å². The van der Waals surface area contributed by atoms with Gasteiger partial charge in [-0.25, -0.2) is 14.0 Å². The van der Waals surface area contributed by atoms with Gasteiger partial charge in [0.2, 0.25) is 0 Å². The van der Waals surface area contributed by atoms with Gasteiger partial charge in [0.15, 0.2) is 5.69 Å². The molecule has 0 unspecified atom stereocenters. The number of carboxylic acid groups (broad SMARTS) is 1. The number of carbonyl (C=O) groups is 2. The summed E-state index contributed by atoms with van der Waals surface area (Å²) in [6, 6.07) is 6.05. The zero-order valence-corrected chi connectivity index (χ0v) is 10.5. The summed E-state index contributed by atoms with van der Waals surface area (Å²) in [5.74, 6) is -2.26. The van der Waals surface area contributed by atoms with Gasteiger partial charge in [-0.3, -0.25) is 4.68 Å². The molecule has 0 aliphatic carbocycles. The van der Waals surface area contributed by atoms with Crippen molar-refractivity contribution >= 4 is 11.9 Å². The second-order valence-electron chi connectivity index (χ2n) is 3.88. The lowest BCUT2D eigenvalue weighted by atomic mass is 10.3. The molecular formula is C13H11FN2O4. The number of rotatable bonds is 4. The summed E-state index contributed by atoms with van der Waals surface area (Å²) in [5.41, 5.74) is -0.216. The molecular weight excluding hydrogens is 267 g/mol. The molecule has 0 saturated carbocycles. The van der Waals surface area contributed by atoms with Crippen LogP contribution >= 0.6 is 0 Å². The summed E-state index contributed by atoms with van der Waals surface area (Å²) in [4.78, 5) is 22.8. The molecule has 0 atom stereocenters. The fraction of sp³-hybridized carbons (Fsp3) is 0.154. The minimum Gasteiger partial charge on any atom is -0.476 e. The molecule has 1 aromatic heterocycles. The van der Waals surface area contributed by atoms with Gasteiger partial charge >= 0.3 is 11.9 Å². The minimum absolute atomic E-state index is 0.0224. The van der Waals surface area contributed by atoms with Crippen LogP contribution in [0.15, 0.2) is 30.3 Å². The topological polar surface area (TPSA) is 81.4 Å². The first-order valence-corrected chi connectivity index (χ1v) is 5.80. The van der Waals surface area contributed by atoms with E-state index in [0.29, 0.717) is 6.54 Å². The highest BCUT2D eigenvalue weighted by molar-refractivity contribution is 5.93. The van der Waals surface area contributed by atoms with E-state index in [-0.39, 0.29) is 17.1 Å². The predicted molar refractivity (Wildman–Crippen MR) is 66.2 cm³/mol. The molecule has 0 saturated heterocycles. The van der Waals surface area contributed by atoms with Gasteiger partial charge in [0.25, 0.3) is 0 Å². The van der Waals surface area contributed by atoms with E-state index < -0.39 is 17.8 Å². The average molecular weight is 278 g/mol. The zero-order chi connectivity index (χ0) is 14.7. The van der Waals surface area contributed by atoms with Crippen molar-refractivity contribution in [2.24, 2.45) is 0 Å². The maximum atomic E-state index is 12.7. The molecule has 0 radical (unpaired) electrons. The number of benzene rings is 1. The molecule has 2 aromatic rings. The number of hydrogen-bond donors (Lipinski definition) is 1. The van der Waals surface area contributed by atoms with E-state index in [1.54, 1.807) is 6.92 Å². The number of carbonyl (C=O) groups excluding carboxylic acids is 1. The highest BCUT2D eigenvalue weighted by Gasteiger charge is 2.19. The van der Waals surface area contributed by atoms with Crippen molar-refractivity contribution in [1.29, 1.82) is 0 Å². The van der Waals surface area contributed by atoms with E-state index >= 15 is 0 Å². The van der Waals surface area contributed by atoms with Crippen LogP contribution in [-0.4, -0.2) is 26.8 Å². The van der Waals surface area contributed by atoms with Crippen LogP contribution < -0.4 is 4.74 Å². The van der Waals surface area contributed by atoms with Gasteiger partial charge in [-0.15, -0.1) is 0 Å². The monoisotopic (exact) mass is 278 g/mol. The van der Waals surface area contributed by atoms with Crippen LogP contribution in [0.3, 0.4) is 0 Å². The van der Waals surface area contributed by atoms with E-state index in [9.17, 15) is 14.0 Å².